The van der Waals surface area contributed by atoms with Crippen molar-refractivity contribution < 1.29 is 19.1 Å². The van der Waals surface area contributed by atoms with E-state index in [1.165, 1.54) is 4.90 Å². The Labute approximate surface area is 192 Å². The topological polar surface area (TPSA) is 85.7 Å². The zero-order valence-corrected chi connectivity index (χ0v) is 19.0. The molecule has 1 unspecified atom stereocenters. The maximum Gasteiger partial charge on any atom is 0.338 e. The third-order valence-corrected chi connectivity index (χ3v) is 5.69. The van der Waals surface area contributed by atoms with Crippen LogP contribution < -0.4 is 10.1 Å². The van der Waals surface area contributed by atoms with Crippen molar-refractivity contribution in [2.24, 2.45) is 0 Å². The van der Waals surface area contributed by atoms with Gasteiger partial charge in [0.05, 0.1) is 36.7 Å². The Balaban J connectivity index is 1.91. The number of carbonyl (C=O) groups is 2. The van der Waals surface area contributed by atoms with Gasteiger partial charge in [0.2, 0.25) is 0 Å². The Bertz CT molecular complexity index is 1200. The molecule has 1 atom stereocenters. The molecular weight excluding hydrogens is 420 g/mol. The number of hydrogen-bond donors (Lipinski definition) is 1. The quantitative estimate of drug-likeness (QED) is 0.577. The predicted octanol–water partition coefficient (Wildman–Crippen LogP) is 4.08. The molecule has 0 bridgehead atoms. The monoisotopic (exact) mass is 446 g/mol. The van der Waals surface area contributed by atoms with Gasteiger partial charge in [-0.05, 0) is 50.2 Å². The fourth-order valence-corrected chi connectivity index (χ4v) is 3.83. The molecule has 0 saturated heterocycles. The Morgan fingerprint density at radius 1 is 1.12 bits per heavy atom. The highest BCUT2D eigenvalue weighted by molar-refractivity contribution is 5.95. The molecule has 0 saturated carbocycles. The zero-order chi connectivity index (χ0) is 23.5. The van der Waals surface area contributed by atoms with Crippen molar-refractivity contribution in [1.82, 2.24) is 20.0 Å². The van der Waals surface area contributed by atoms with Gasteiger partial charge < -0.3 is 19.7 Å². The molecule has 1 N–H and O–H groups in total. The number of nitrogens with one attached hydrogen (secondary N) is 1. The van der Waals surface area contributed by atoms with Crippen LogP contribution in [0.3, 0.4) is 0 Å². The SMILES string of the molecule is CCOC(=O)C1=C(C)N(C)C(=O)NC1c1cn(-c2ccccc2)nc1-c1ccc(OC)cc1. The molecule has 1 aromatic heterocycles. The van der Waals surface area contributed by atoms with Crippen molar-refractivity contribution in [3.05, 3.63) is 77.6 Å². The molecule has 33 heavy (non-hydrogen) atoms. The lowest BCUT2D eigenvalue weighted by Gasteiger charge is -2.33. The standard InChI is InChI=1S/C25H26N4O4/c1-5-33-24(30)21-16(2)28(3)25(31)26-23(21)20-15-29(18-9-7-6-8-10-18)27-22(20)17-11-13-19(32-4)14-12-17/h6-15,23H,5H2,1-4H3,(H,26,31). The highest BCUT2D eigenvalue weighted by Crippen LogP contribution is 2.36. The molecule has 1 aliphatic heterocycles. The van der Waals surface area contributed by atoms with Gasteiger partial charge in [-0.1, -0.05) is 18.2 Å². The molecule has 0 fully saturated rings. The Morgan fingerprint density at radius 3 is 2.45 bits per heavy atom. The first-order valence-corrected chi connectivity index (χ1v) is 10.7. The van der Waals surface area contributed by atoms with Crippen molar-refractivity contribution in [2.45, 2.75) is 19.9 Å². The fourth-order valence-electron chi connectivity index (χ4n) is 3.83. The molecule has 0 aliphatic carbocycles. The highest BCUT2D eigenvalue weighted by Gasteiger charge is 2.37. The lowest BCUT2D eigenvalue weighted by molar-refractivity contribution is -0.139. The number of rotatable bonds is 6. The number of carbonyl (C=O) groups excluding carboxylic acids is 2. The number of urea groups is 1. The van der Waals surface area contributed by atoms with Crippen molar-refractivity contribution >= 4 is 12.0 Å². The minimum atomic E-state index is -0.720. The van der Waals surface area contributed by atoms with E-state index in [1.807, 2.05) is 60.8 Å². The Morgan fingerprint density at radius 2 is 1.82 bits per heavy atom. The minimum absolute atomic E-state index is 0.231. The molecular formula is C25H26N4O4. The molecule has 1 aliphatic rings. The van der Waals surface area contributed by atoms with Crippen LogP contribution in [-0.4, -0.2) is 47.4 Å². The second kappa shape index (κ2) is 9.20. The lowest BCUT2D eigenvalue weighted by atomic mass is 9.93. The van der Waals surface area contributed by atoms with Crippen LogP contribution in [0.5, 0.6) is 5.75 Å². The summed E-state index contributed by atoms with van der Waals surface area (Å²) in [5, 5.41) is 7.78. The number of benzene rings is 2. The highest BCUT2D eigenvalue weighted by atomic mass is 16.5. The molecule has 2 heterocycles. The lowest BCUT2D eigenvalue weighted by Crippen LogP contribution is -2.46. The fraction of sp³-hybridized carbons (Fsp3) is 0.240. The van der Waals surface area contributed by atoms with Crippen LogP contribution in [0, 0.1) is 0 Å². The van der Waals surface area contributed by atoms with Crippen LogP contribution in [0.4, 0.5) is 4.79 Å². The Kier molecular flexibility index (Phi) is 6.17. The van der Waals surface area contributed by atoms with E-state index in [-0.39, 0.29) is 12.6 Å². The first kappa shape index (κ1) is 22.1. The largest absolute Gasteiger partial charge is 0.497 e. The molecule has 2 amide bonds. The number of amides is 2. The third kappa shape index (κ3) is 4.19. The van der Waals surface area contributed by atoms with Gasteiger partial charge in [-0.2, -0.15) is 5.10 Å². The van der Waals surface area contributed by atoms with Gasteiger partial charge in [-0.25, -0.2) is 14.3 Å². The summed E-state index contributed by atoms with van der Waals surface area (Å²) in [7, 11) is 3.23. The van der Waals surface area contributed by atoms with E-state index in [4.69, 9.17) is 14.6 Å². The second-order valence-corrected chi connectivity index (χ2v) is 7.60. The number of aromatic nitrogens is 2. The molecule has 0 spiro atoms. The number of methoxy groups -OCH3 is 1. The van der Waals surface area contributed by atoms with Gasteiger partial charge in [0, 0.05) is 30.1 Å². The summed E-state index contributed by atoms with van der Waals surface area (Å²) < 4.78 is 12.4. The van der Waals surface area contributed by atoms with Crippen LogP contribution in [0.15, 0.2) is 72.1 Å². The normalized spacial score (nSPS) is 15.9. The van der Waals surface area contributed by atoms with E-state index in [0.29, 0.717) is 22.5 Å². The number of nitrogens with zero attached hydrogens (tertiary/aromatic N) is 3. The number of hydrogen-bond acceptors (Lipinski definition) is 5. The molecule has 170 valence electrons. The molecule has 2 aromatic carbocycles. The van der Waals surface area contributed by atoms with Gasteiger partial charge in [0.25, 0.3) is 0 Å². The number of para-hydroxylation sites is 1. The van der Waals surface area contributed by atoms with Gasteiger partial charge >= 0.3 is 12.0 Å². The summed E-state index contributed by atoms with van der Waals surface area (Å²) in [5.74, 6) is 0.248. The van der Waals surface area contributed by atoms with Crippen LogP contribution in [0.2, 0.25) is 0 Å². The van der Waals surface area contributed by atoms with E-state index in [2.05, 4.69) is 5.32 Å². The first-order valence-electron chi connectivity index (χ1n) is 10.7. The maximum absolute atomic E-state index is 13.0. The summed E-state index contributed by atoms with van der Waals surface area (Å²) in [6, 6.07) is 16.1. The summed E-state index contributed by atoms with van der Waals surface area (Å²) >= 11 is 0. The average molecular weight is 447 g/mol. The molecule has 8 nitrogen and oxygen atoms in total. The summed E-state index contributed by atoms with van der Waals surface area (Å²) in [5.41, 5.74) is 3.93. The number of ether oxygens (including phenoxy) is 2. The van der Waals surface area contributed by atoms with Crippen LogP contribution in [0.1, 0.15) is 25.5 Å². The van der Waals surface area contributed by atoms with E-state index < -0.39 is 12.0 Å². The predicted molar refractivity (Wildman–Crippen MR) is 124 cm³/mol. The number of esters is 1. The molecule has 0 radical (unpaired) electrons. The van der Waals surface area contributed by atoms with Crippen LogP contribution >= 0.6 is 0 Å². The van der Waals surface area contributed by atoms with Crippen LogP contribution in [-0.2, 0) is 9.53 Å². The maximum atomic E-state index is 13.0. The van der Waals surface area contributed by atoms with E-state index >= 15 is 0 Å². The average Bonchev–Trinajstić information content (AvgIpc) is 3.28. The molecule has 4 rings (SSSR count). The van der Waals surface area contributed by atoms with Gasteiger partial charge in [0.1, 0.15) is 5.75 Å². The number of allylic oxidation sites excluding steroid dienone is 1. The minimum Gasteiger partial charge on any atom is -0.497 e. The Hall–Kier alpha value is -4.07. The smallest absolute Gasteiger partial charge is 0.338 e. The van der Waals surface area contributed by atoms with Gasteiger partial charge in [0.15, 0.2) is 0 Å². The van der Waals surface area contributed by atoms with Crippen molar-refractivity contribution in [3.8, 4) is 22.7 Å². The van der Waals surface area contributed by atoms with Crippen molar-refractivity contribution in [2.75, 3.05) is 20.8 Å². The zero-order valence-electron chi connectivity index (χ0n) is 19.0. The summed E-state index contributed by atoms with van der Waals surface area (Å²) in [4.78, 5) is 27.1. The van der Waals surface area contributed by atoms with E-state index in [0.717, 1.165) is 17.0 Å². The summed E-state index contributed by atoms with van der Waals surface area (Å²) in [6.45, 7) is 3.73. The molecule has 3 aromatic rings. The van der Waals surface area contributed by atoms with Crippen molar-refractivity contribution in [1.29, 1.82) is 0 Å². The first-order chi connectivity index (χ1) is 15.9. The van der Waals surface area contributed by atoms with Gasteiger partial charge in [-0.15, -0.1) is 0 Å². The van der Waals surface area contributed by atoms with E-state index in [1.54, 1.807) is 32.7 Å². The second-order valence-electron chi connectivity index (χ2n) is 7.60. The van der Waals surface area contributed by atoms with Gasteiger partial charge in [-0.3, -0.25) is 0 Å². The summed E-state index contributed by atoms with van der Waals surface area (Å²) in [6.07, 6.45) is 1.84. The van der Waals surface area contributed by atoms with Crippen LogP contribution in [0.25, 0.3) is 16.9 Å². The molecule has 8 heteroatoms. The van der Waals surface area contributed by atoms with Crippen molar-refractivity contribution in [3.63, 3.8) is 0 Å². The van der Waals surface area contributed by atoms with E-state index in [9.17, 15) is 9.59 Å². The third-order valence-electron chi connectivity index (χ3n) is 5.69.